The number of nitrogen functional groups attached to an aromatic ring is 1. The second-order valence-electron chi connectivity index (χ2n) is 7.04. The number of benzene rings is 2. The average Bonchev–Trinajstić information content (AvgIpc) is 3.00. The monoisotopic (exact) mass is 362 g/mol. The zero-order chi connectivity index (χ0) is 19.0. The van der Waals surface area contributed by atoms with Crippen molar-refractivity contribution in [3.8, 4) is 11.3 Å². The lowest BCUT2D eigenvalue weighted by Gasteiger charge is -2.23. The Morgan fingerprint density at radius 1 is 1.15 bits per heavy atom. The summed E-state index contributed by atoms with van der Waals surface area (Å²) in [4.78, 5) is 13.3. The van der Waals surface area contributed by atoms with Crippen molar-refractivity contribution in [2.45, 2.75) is 19.5 Å². The van der Waals surface area contributed by atoms with Gasteiger partial charge in [0, 0.05) is 42.0 Å². The van der Waals surface area contributed by atoms with Crippen LogP contribution in [-0.4, -0.2) is 39.3 Å². The molecule has 4 rings (SSSR count). The van der Waals surface area contributed by atoms with Gasteiger partial charge < -0.3 is 15.7 Å². The van der Waals surface area contributed by atoms with Crippen LogP contribution in [0, 0.1) is 0 Å². The van der Waals surface area contributed by atoms with Gasteiger partial charge in [-0.15, -0.1) is 0 Å². The van der Waals surface area contributed by atoms with Gasteiger partial charge in [-0.25, -0.2) is 4.79 Å². The summed E-state index contributed by atoms with van der Waals surface area (Å²) in [7, 11) is 2.12. The molecule has 0 saturated heterocycles. The first-order chi connectivity index (χ1) is 13.0. The summed E-state index contributed by atoms with van der Waals surface area (Å²) in [6.07, 6.45) is 0.945. The Hall–Kier alpha value is -3.12. The number of likely N-dealkylation sites (N-methyl/N-ethyl adjacent to an activating group) is 1. The number of hydrogen-bond donors (Lipinski definition) is 2. The minimum Gasteiger partial charge on any atom is -0.478 e. The minimum atomic E-state index is -0.910. The van der Waals surface area contributed by atoms with Crippen LogP contribution in [0.1, 0.15) is 27.2 Å². The molecule has 138 valence electrons. The van der Waals surface area contributed by atoms with Gasteiger partial charge in [-0.3, -0.25) is 4.68 Å². The van der Waals surface area contributed by atoms with Crippen LogP contribution in [0.15, 0.2) is 48.5 Å². The smallest absolute Gasteiger partial charge is 0.335 e. The third kappa shape index (κ3) is 3.44. The van der Waals surface area contributed by atoms with Gasteiger partial charge in [0.05, 0.1) is 17.8 Å². The SMILES string of the molecule is CN1CCc2c(c(-c3ccc(N)cc3)nn2Cc2ccc(C(=O)O)cc2)C1. The summed E-state index contributed by atoms with van der Waals surface area (Å²) in [6.45, 7) is 2.49. The molecule has 1 aliphatic heterocycles. The van der Waals surface area contributed by atoms with E-state index in [2.05, 4.69) is 16.6 Å². The van der Waals surface area contributed by atoms with Gasteiger partial charge in [0.15, 0.2) is 0 Å². The molecular formula is C21H22N4O2. The summed E-state index contributed by atoms with van der Waals surface area (Å²) in [5.74, 6) is -0.910. The van der Waals surface area contributed by atoms with Gasteiger partial charge in [0.1, 0.15) is 0 Å². The van der Waals surface area contributed by atoms with E-state index in [1.54, 1.807) is 12.1 Å². The molecular weight excluding hydrogens is 340 g/mol. The highest BCUT2D eigenvalue weighted by molar-refractivity contribution is 5.87. The van der Waals surface area contributed by atoms with Crippen molar-refractivity contribution in [1.82, 2.24) is 14.7 Å². The van der Waals surface area contributed by atoms with Crippen LogP contribution in [0.25, 0.3) is 11.3 Å². The molecule has 0 amide bonds. The largest absolute Gasteiger partial charge is 0.478 e. The van der Waals surface area contributed by atoms with Crippen LogP contribution in [0.3, 0.4) is 0 Å². The van der Waals surface area contributed by atoms with Crippen LogP contribution in [0.2, 0.25) is 0 Å². The van der Waals surface area contributed by atoms with Crippen molar-refractivity contribution in [3.63, 3.8) is 0 Å². The number of aromatic carboxylic acids is 1. The minimum absolute atomic E-state index is 0.297. The molecule has 3 N–H and O–H groups in total. The number of carboxylic acid groups (broad SMARTS) is 1. The van der Waals surface area contributed by atoms with Gasteiger partial charge in [0.25, 0.3) is 0 Å². The van der Waals surface area contributed by atoms with Crippen molar-refractivity contribution in [2.24, 2.45) is 0 Å². The van der Waals surface area contributed by atoms with Gasteiger partial charge >= 0.3 is 5.97 Å². The molecule has 2 heterocycles. The van der Waals surface area contributed by atoms with Crippen LogP contribution in [-0.2, 0) is 19.5 Å². The maximum atomic E-state index is 11.0. The fourth-order valence-electron chi connectivity index (χ4n) is 3.56. The molecule has 0 atom stereocenters. The second kappa shape index (κ2) is 6.89. The van der Waals surface area contributed by atoms with Crippen LogP contribution in [0.4, 0.5) is 5.69 Å². The predicted molar refractivity (Wildman–Crippen MR) is 105 cm³/mol. The lowest BCUT2D eigenvalue weighted by atomic mass is 10.0. The predicted octanol–water partition coefficient (Wildman–Crippen LogP) is 2.87. The molecule has 6 heteroatoms. The Labute approximate surface area is 157 Å². The number of aromatic nitrogens is 2. The molecule has 6 nitrogen and oxygen atoms in total. The number of rotatable bonds is 4. The Balaban J connectivity index is 1.71. The molecule has 0 fully saturated rings. The maximum Gasteiger partial charge on any atom is 0.335 e. The highest BCUT2D eigenvalue weighted by Gasteiger charge is 2.24. The number of nitrogens with two attached hydrogens (primary N) is 1. The van der Waals surface area contributed by atoms with E-state index >= 15 is 0 Å². The van der Waals surface area contributed by atoms with Crippen molar-refractivity contribution in [3.05, 3.63) is 70.9 Å². The van der Waals surface area contributed by atoms with Crippen molar-refractivity contribution in [1.29, 1.82) is 0 Å². The highest BCUT2D eigenvalue weighted by Crippen LogP contribution is 2.30. The lowest BCUT2D eigenvalue weighted by molar-refractivity contribution is 0.0697. The zero-order valence-electron chi connectivity index (χ0n) is 15.2. The summed E-state index contributed by atoms with van der Waals surface area (Å²) < 4.78 is 2.06. The van der Waals surface area contributed by atoms with E-state index in [1.807, 2.05) is 36.4 Å². The Kier molecular flexibility index (Phi) is 4.41. The van der Waals surface area contributed by atoms with E-state index in [0.717, 1.165) is 42.0 Å². The van der Waals surface area contributed by atoms with Crippen molar-refractivity contribution < 1.29 is 9.90 Å². The van der Waals surface area contributed by atoms with E-state index in [-0.39, 0.29) is 0 Å². The van der Waals surface area contributed by atoms with Gasteiger partial charge in [-0.2, -0.15) is 5.10 Å². The topological polar surface area (TPSA) is 84.4 Å². The summed E-state index contributed by atoms with van der Waals surface area (Å²) in [5, 5.41) is 14.0. The molecule has 1 aliphatic rings. The third-order valence-corrected chi connectivity index (χ3v) is 5.04. The van der Waals surface area contributed by atoms with Crippen molar-refractivity contribution >= 4 is 11.7 Å². The number of carbonyl (C=O) groups is 1. The first kappa shape index (κ1) is 17.3. The molecule has 0 aliphatic carbocycles. The summed E-state index contributed by atoms with van der Waals surface area (Å²) >= 11 is 0. The van der Waals surface area contributed by atoms with E-state index in [0.29, 0.717) is 12.1 Å². The van der Waals surface area contributed by atoms with Gasteiger partial charge in [-0.05, 0) is 36.9 Å². The van der Waals surface area contributed by atoms with Gasteiger partial charge in [0.2, 0.25) is 0 Å². The molecule has 0 unspecified atom stereocenters. The maximum absolute atomic E-state index is 11.0. The van der Waals surface area contributed by atoms with Crippen LogP contribution in [0.5, 0.6) is 0 Å². The second-order valence-corrected chi connectivity index (χ2v) is 7.04. The molecule has 0 bridgehead atoms. The molecule has 0 spiro atoms. The standard InChI is InChI=1S/C21H22N4O2/c1-24-11-10-19-18(13-24)20(15-6-8-17(22)9-7-15)23-25(19)12-14-2-4-16(5-3-14)21(26)27/h2-9H,10-13,22H2,1H3,(H,26,27). The zero-order valence-corrected chi connectivity index (χ0v) is 15.2. The van der Waals surface area contributed by atoms with E-state index in [1.165, 1.54) is 11.3 Å². The molecule has 27 heavy (non-hydrogen) atoms. The quantitative estimate of drug-likeness (QED) is 0.697. The van der Waals surface area contributed by atoms with Crippen LogP contribution < -0.4 is 5.73 Å². The Morgan fingerprint density at radius 3 is 2.52 bits per heavy atom. The van der Waals surface area contributed by atoms with Gasteiger partial charge in [-0.1, -0.05) is 24.3 Å². The number of carboxylic acids is 1. The molecule has 2 aromatic carbocycles. The number of hydrogen-bond acceptors (Lipinski definition) is 4. The lowest BCUT2D eigenvalue weighted by Crippen LogP contribution is -2.27. The number of fused-ring (bicyclic) bond motifs is 1. The van der Waals surface area contributed by atoms with E-state index in [4.69, 9.17) is 15.9 Å². The third-order valence-electron chi connectivity index (χ3n) is 5.04. The molecule has 0 saturated carbocycles. The first-order valence-corrected chi connectivity index (χ1v) is 8.96. The molecule has 3 aromatic rings. The Morgan fingerprint density at radius 2 is 1.85 bits per heavy atom. The number of anilines is 1. The summed E-state index contributed by atoms with van der Waals surface area (Å²) in [6, 6.07) is 14.8. The molecule has 0 radical (unpaired) electrons. The Bertz CT molecular complexity index is 975. The summed E-state index contributed by atoms with van der Waals surface area (Å²) in [5.41, 5.74) is 12.5. The van der Waals surface area contributed by atoms with E-state index < -0.39 is 5.97 Å². The fraction of sp³-hybridized carbons (Fsp3) is 0.238. The number of nitrogens with zero attached hydrogens (tertiary/aromatic N) is 3. The fourth-order valence-corrected chi connectivity index (χ4v) is 3.56. The highest BCUT2D eigenvalue weighted by atomic mass is 16.4. The average molecular weight is 362 g/mol. The first-order valence-electron chi connectivity index (χ1n) is 8.96. The molecule has 1 aromatic heterocycles. The normalized spacial score (nSPS) is 14.1. The van der Waals surface area contributed by atoms with Crippen molar-refractivity contribution in [2.75, 3.05) is 19.3 Å². The van der Waals surface area contributed by atoms with E-state index in [9.17, 15) is 4.79 Å². The van der Waals surface area contributed by atoms with Crippen LogP contribution >= 0.6 is 0 Å².